The van der Waals surface area contributed by atoms with Gasteiger partial charge < -0.3 is 14.5 Å². The van der Waals surface area contributed by atoms with E-state index in [2.05, 4.69) is 0 Å². The van der Waals surface area contributed by atoms with Crippen molar-refractivity contribution in [2.45, 2.75) is 19.8 Å². The number of carbonyl (C=O) groups is 2. The lowest BCUT2D eigenvalue weighted by Gasteiger charge is -2.35. The molecule has 5 nitrogen and oxygen atoms in total. The molecule has 3 rings (SSSR count). The van der Waals surface area contributed by atoms with Crippen molar-refractivity contribution in [1.82, 2.24) is 9.80 Å². The number of carbonyl (C=O) groups excluding carboxylic acids is 2. The standard InChI is InChI=1S/C22H26N2O3/c1-17-7-3-5-9-19(17)22(26)24-15-13-23(14-16-24)21(25)12-11-18-8-4-6-10-20(18)27-2/h3-10H,11-16H2,1-2H3. The number of nitrogens with zero attached hydrogens (tertiary/aromatic N) is 2. The van der Waals surface area contributed by atoms with Crippen LogP contribution in [0.4, 0.5) is 0 Å². The van der Waals surface area contributed by atoms with Crippen LogP contribution in [-0.4, -0.2) is 54.9 Å². The first-order chi connectivity index (χ1) is 13.1. The van der Waals surface area contributed by atoms with Crippen molar-refractivity contribution in [3.63, 3.8) is 0 Å². The van der Waals surface area contributed by atoms with Crippen molar-refractivity contribution < 1.29 is 14.3 Å². The zero-order chi connectivity index (χ0) is 19.2. The maximum absolute atomic E-state index is 12.7. The Bertz CT molecular complexity index is 811. The van der Waals surface area contributed by atoms with E-state index in [9.17, 15) is 9.59 Å². The molecular formula is C22H26N2O3. The van der Waals surface area contributed by atoms with Crippen molar-refractivity contribution in [2.75, 3.05) is 33.3 Å². The molecule has 1 aliphatic heterocycles. The molecule has 0 radical (unpaired) electrons. The van der Waals surface area contributed by atoms with Gasteiger partial charge in [-0.15, -0.1) is 0 Å². The number of para-hydroxylation sites is 1. The summed E-state index contributed by atoms with van der Waals surface area (Å²) in [5.74, 6) is 0.997. The number of rotatable bonds is 5. The Morgan fingerprint density at radius 3 is 2.26 bits per heavy atom. The summed E-state index contributed by atoms with van der Waals surface area (Å²) in [5, 5.41) is 0. The van der Waals surface area contributed by atoms with Gasteiger partial charge in [0.1, 0.15) is 5.75 Å². The Kier molecular flexibility index (Phi) is 6.12. The Labute approximate surface area is 160 Å². The van der Waals surface area contributed by atoms with E-state index in [1.807, 2.05) is 65.3 Å². The van der Waals surface area contributed by atoms with E-state index >= 15 is 0 Å². The van der Waals surface area contributed by atoms with Gasteiger partial charge in [0.05, 0.1) is 7.11 Å². The molecule has 1 fully saturated rings. The minimum atomic E-state index is 0.0502. The maximum atomic E-state index is 12.7. The van der Waals surface area contributed by atoms with E-state index in [1.54, 1.807) is 7.11 Å². The molecule has 142 valence electrons. The van der Waals surface area contributed by atoms with Crippen LogP contribution >= 0.6 is 0 Å². The van der Waals surface area contributed by atoms with Crippen molar-refractivity contribution in [3.05, 3.63) is 65.2 Å². The minimum Gasteiger partial charge on any atom is -0.496 e. The minimum absolute atomic E-state index is 0.0502. The largest absolute Gasteiger partial charge is 0.496 e. The van der Waals surface area contributed by atoms with Gasteiger partial charge in [-0.2, -0.15) is 0 Å². The monoisotopic (exact) mass is 366 g/mol. The van der Waals surface area contributed by atoms with E-state index in [4.69, 9.17) is 4.74 Å². The molecular weight excluding hydrogens is 340 g/mol. The fraction of sp³-hybridized carbons (Fsp3) is 0.364. The number of hydrogen-bond acceptors (Lipinski definition) is 3. The molecule has 0 N–H and O–H groups in total. The van der Waals surface area contributed by atoms with Gasteiger partial charge in [-0.1, -0.05) is 36.4 Å². The van der Waals surface area contributed by atoms with Crippen LogP contribution in [0.15, 0.2) is 48.5 Å². The summed E-state index contributed by atoms with van der Waals surface area (Å²) < 4.78 is 5.35. The molecule has 27 heavy (non-hydrogen) atoms. The van der Waals surface area contributed by atoms with Gasteiger partial charge in [0, 0.05) is 38.2 Å². The van der Waals surface area contributed by atoms with E-state index < -0.39 is 0 Å². The summed E-state index contributed by atoms with van der Waals surface area (Å²) in [4.78, 5) is 28.9. The second-order valence-corrected chi connectivity index (χ2v) is 6.80. The molecule has 0 saturated carbocycles. The van der Waals surface area contributed by atoms with Gasteiger partial charge >= 0.3 is 0 Å². The molecule has 1 saturated heterocycles. The van der Waals surface area contributed by atoms with Gasteiger partial charge in [-0.05, 0) is 36.6 Å². The number of hydrogen-bond donors (Lipinski definition) is 0. The van der Waals surface area contributed by atoms with E-state index in [-0.39, 0.29) is 11.8 Å². The number of benzene rings is 2. The van der Waals surface area contributed by atoms with E-state index in [1.165, 1.54) is 0 Å². The molecule has 0 atom stereocenters. The van der Waals surface area contributed by atoms with Crippen LogP contribution in [-0.2, 0) is 11.2 Å². The number of amides is 2. The molecule has 2 aromatic rings. The lowest BCUT2D eigenvalue weighted by atomic mass is 10.1. The Morgan fingerprint density at radius 1 is 0.926 bits per heavy atom. The number of piperazine rings is 1. The van der Waals surface area contributed by atoms with Gasteiger partial charge in [0.25, 0.3) is 5.91 Å². The topological polar surface area (TPSA) is 49.9 Å². The molecule has 0 bridgehead atoms. The van der Waals surface area contributed by atoms with Crippen LogP contribution < -0.4 is 4.74 Å². The van der Waals surface area contributed by atoms with Gasteiger partial charge in [-0.3, -0.25) is 9.59 Å². The van der Waals surface area contributed by atoms with E-state index in [0.29, 0.717) is 39.0 Å². The summed E-state index contributed by atoms with van der Waals surface area (Å²) in [6, 6.07) is 15.4. The second-order valence-electron chi connectivity index (χ2n) is 6.80. The van der Waals surface area contributed by atoms with Crippen LogP contribution in [0, 0.1) is 6.92 Å². The first-order valence-corrected chi connectivity index (χ1v) is 9.34. The van der Waals surface area contributed by atoms with Crippen molar-refractivity contribution in [2.24, 2.45) is 0 Å². The van der Waals surface area contributed by atoms with Crippen LogP contribution in [0.2, 0.25) is 0 Å². The third-order valence-corrected chi connectivity index (χ3v) is 5.10. The molecule has 0 aromatic heterocycles. The van der Waals surface area contributed by atoms with Gasteiger partial charge in [0.2, 0.25) is 5.91 Å². The first-order valence-electron chi connectivity index (χ1n) is 9.34. The maximum Gasteiger partial charge on any atom is 0.254 e. The van der Waals surface area contributed by atoms with Crippen LogP contribution in [0.1, 0.15) is 27.9 Å². The summed E-state index contributed by atoms with van der Waals surface area (Å²) in [6.07, 6.45) is 1.11. The summed E-state index contributed by atoms with van der Waals surface area (Å²) in [7, 11) is 1.64. The van der Waals surface area contributed by atoms with Crippen LogP contribution in [0.5, 0.6) is 5.75 Å². The highest BCUT2D eigenvalue weighted by Crippen LogP contribution is 2.19. The predicted molar refractivity (Wildman–Crippen MR) is 105 cm³/mol. The van der Waals surface area contributed by atoms with Crippen LogP contribution in [0.3, 0.4) is 0 Å². The zero-order valence-electron chi connectivity index (χ0n) is 16.0. The third kappa shape index (κ3) is 4.48. The molecule has 2 amide bonds. The summed E-state index contributed by atoms with van der Waals surface area (Å²) in [6.45, 7) is 4.27. The molecule has 0 spiro atoms. The second kappa shape index (κ2) is 8.71. The molecule has 0 aliphatic carbocycles. The molecule has 0 unspecified atom stereocenters. The lowest BCUT2D eigenvalue weighted by Crippen LogP contribution is -2.50. The summed E-state index contributed by atoms with van der Waals surface area (Å²) >= 11 is 0. The first kappa shape index (κ1) is 19.0. The van der Waals surface area contributed by atoms with Crippen LogP contribution in [0.25, 0.3) is 0 Å². The molecule has 1 aliphatic rings. The lowest BCUT2D eigenvalue weighted by molar-refractivity contribution is -0.132. The predicted octanol–water partition coefficient (Wildman–Crippen LogP) is 2.92. The SMILES string of the molecule is COc1ccccc1CCC(=O)N1CCN(C(=O)c2ccccc2C)CC1. The van der Waals surface area contributed by atoms with Gasteiger partial charge in [0.15, 0.2) is 0 Å². The fourth-order valence-corrected chi connectivity index (χ4v) is 3.45. The average Bonchev–Trinajstić information content (AvgIpc) is 2.72. The number of ether oxygens (including phenoxy) is 1. The van der Waals surface area contributed by atoms with Gasteiger partial charge in [-0.25, -0.2) is 0 Å². The molecule has 1 heterocycles. The fourth-order valence-electron chi connectivity index (χ4n) is 3.45. The van der Waals surface area contributed by atoms with E-state index in [0.717, 1.165) is 22.4 Å². The average molecular weight is 366 g/mol. The normalized spacial score (nSPS) is 14.1. The van der Waals surface area contributed by atoms with Crippen molar-refractivity contribution >= 4 is 11.8 Å². The third-order valence-electron chi connectivity index (χ3n) is 5.10. The smallest absolute Gasteiger partial charge is 0.254 e. The van der Waals surface area contributed by atoms with Crippen molar-refractivity contribution in [1.29, 1.82) is 0 Å². The quantitative estimate of drug-likeness (QED) is 0.818. The molecule has 5 heteroatoms. The number of methoxy groups -OCH3 is 1. The highest BCUT2D eigenvalue weighted by molar-refractivity contribution is 5.95. The Hall–Kier alpha value is -2.82. The highest BCUT2D eigenvalue weighted by atomic mass is 16.5. The molecule has 2 aromatic carbocycles. The highest BCUT2D eigenvalue weighted by Gasteiger charge is 2.25. The van der Waals surface area contributed by atoms with Crippen molar-refractivity contribution in [3.8, 4) is 5.75 Å². The Balaban J connectivity index is 1.52. The zero-order valence-corrected chi connectivity index (χ0v) is 16.0. The summed E-state index contributed by atoms with van der Waals surface area (Å²) in [5.41, 5.74) is 2.77. The Morgan fingerprint density at radius 2 is 1.56 bits per heavy atom. The number of aryl methyl sites for hydroxylation is 2.